The van der Waals surface area contributed by atoms with E-state index in [9.17, 15) is 46.4 Å². The number of nitrogens with two attached hydrogens (primary N) is 3. The first-order valence-corrected chi connectivity index (χ1v) is 13.2. The molecule has 0 saturated carbocycles. The summed E-state index contributed by atoms with van der Waals surface area (Å²) in [5.41, 5.74) is 15.2. The number of nitrogens with zero attached hydrogens (tertiary/aromatic N) is 1. The number of carbonyl (C=O) groups excluding carboxylic acids is 3. The average Bonchev–Trinajstić information content (AvgIpc) is 2.94. The van der Waals surface area contributed by atoms with Crippen LogP contribution in [0.2, 0.25) is 0 Å². The second-order valence-corrected chi connectivity index (χ2v) is 9.62. The zero-order valence-corrected chi connectivity index (χ0v) is 23.0. The lowest BCUT2D eigenvalue weighted by Gasteiger charge is -2.23. The van der Waals surface area contributed by atoms with Gasteiger partial charge in [0, 0.05) is 49.8 Å². The van der Waals surface area contributed by atoms with Crippen LogP contribution in [0, 0.1) is 11.6 Å². The highest BCUT2D eigenvalue weighted by Crippen LogP contribution is 2.29. The van der Waals surface area contributed by atoms with Crippen molar-refractivity contribution in [3.8, 4) is 0 Å². The summed E-state index contributed by atoms with van der Waals surface area (Å²) in [6.07, 6.45) is -4.93. The predicted octanol–water partition coefficient (Wildman–Crippen LogP) is -0.427. The van der Waals surface area contributed by atoms with Crippen LogP contribution in [0.25, 0.3) is 0 Å². The molecule has 43 heavy (non-hydrogen) atoms. The molecule has 0 heterocycles. The van der Waals surface area contributed by atoms with Crippen LogP contribution in [0.15, 0.2) is 36.4 Å². The normalized spacial score (nSPS) is 12.8. The molecule has 0 fully saturated rings. The molecule has 0 aliphatic carbocycles. The van der Waals surface area contributed by atoms with Gasteiger partial charge in [0.15, 0.2) is 11.6 Å². The number of amides is 3. The van der Waals surface area contributed by atoms with Crippen LogP contribution in [0.4, 0.5) is 27.6 Å². The van der Waals surface area contributed by atoms with E-state index >= 15 is 0 Å². The van der Waals surface area contributed by atoms with Gasteiger partial charge in [0.1, 0.15) is 6.04 Å². The molecular weight excluding hydrogens is 582 g/mol. The molecule has 0 aliphatic rings. The first kappa shape index (κ1) is 35.6. The molecule has 2 atom stereocenters. The van der Waals surface area contributed by atoms with Crippen LogP contribution in [-0.4, -0.2) is 78.1 Å². The van der Waals surface area contributed by atoms with Crippen LogP contribution in [-0.2, 0) is 27.0 Å². The van der Waals surface area contributed by atoms with Crippen LogP contribution in [0.3, 0.4) is 0 Å². The lowest BCUT2D eigenvalue weighted by atomic mass is 9.79. The van der Waals surface area contributed by atoms with E-state index in [1.807, 2.05) is 0 Å². The molecule has 17 heteroatoms. The maximum Gasteiger partial charge on any atom is 0.491 e. The molecule has 3 amide bonds. The Morgan fingerprint density at radius 1 is 0.953 bits per heavy atom. The SMILES string of the molecule is NCCN(CCN)C(=O)CC[C@H](N)C(=O)N[C@H](CCc1ccc(C(F)(F)F)cc1)C(=O)Nc1cc(F)c(F)c(B(O)O)c1. The molecule has 0 bridgehead atoms. The summed E-state index contributed by atoms with van der Waals surface area (Å²) in [4.78, 5) is 39.9. The molecule has 11 nitrogen and oxygen atoms in total. The van der Waals surface area contributed by atoms with Crippen molar-refractivity contribution in [3.05, 3.63) is 59.2 Å². The Kier molecular flexibility index (Phi) is 13.5. The average molecular weight is 616 g/mol. The van der Waals surface area contributed by atoms with Gasteiger partial charge in [-0.05, 0) is 43.0 Å². The number of nitrogens with one attached hydrogen (secondary N) is 2. The predicted molar refractivity (Wildman–Crippen MR) is 148 cm³/mol. The summed E-state index contributed by atoms with van der Waals surface area (Å²) in [6, 6.07) is 2.86. The van der Waals surface area contributed by atoms with Gasteiger partial charge in [0.05, 0.1) is 11.6 Å². The van der Waals surface area contributed by atoms with Crippen LogP contribution in [0.5, 0.6) is 0 Å². The first-order valence-electron chi connectivity index (χ1n) is 13.2. The van der Waals surface area contributed by atoms with Gasteiger partial charge >= 0.3 is 13.3 Å². The minimum absolute atomic E-state index is 0.00967. The van der Waals surface area contributed by atoms with Gasteiger partial charge < -0.3 is 42.8 Å². The number of aryl methyl sites for hydroxylation is 1. The van der Waals surface area contributed by atoms with Gasteiger partial charge in [-0.15, -0.1) is 0 Å². The smallest absolute Gasteiger partial charge is 0.423 e. The number of hydrogen-bond donors (Lipinski definition) is 7. The molecule has 2 aromatic carbocycles. The Balaban J connectivity index is 2.19. The molecule has 0 saturated heterocycles. The Hall–Kier alpha value is -3.64. The summed E-state index contributed by atoms with van der Waals surface area (Å²) in [7, 11) is -2.40. The van der Waals surface area contributed by atoms with Crippen molar-refractivity contribution in [1.82, 2.24) is 10.2 Å². The van der Waals surface area contributed by atoms with Gasteiger partial charge in [0.25, 0.3) is 0 Å². The highest BCUT2D eigenvalue weighted by Gasteiger charge is 2.30. The number of hydrogen-bond acceptors (Lipinski definition) is 8. The molecule has 10 N–H and O–H groups in total. The molecule has 0 spiro atoms. The maximum atomic E-state index is 14.0. The fraction of sp³-hybridized carbons (Fsp3) is 0.423. The molecule has 0 unspecified atom stereocenters. The van der Waals surface area contributed by atoms with E-state index in [4.69, 9.17) is 17.2 Å². The lowest BCUT2D eigenvalue weighted by molar-refractivity contribution is -0.137. The van der Waals surface area contributed by atoms with Crippen molar-refractivity contribution in [1.29, 1.82) is 0 Å². The van der Waals surface area contributed by atoms with E-state index < -0.39 is 59.9 Å². The number of carbonyl (C=O) groups is 3. The Bertz CT molecular complexity index is 1250. The Labute approximate surface area is 244 Å². The first-order chi connectivity index (χ1) is 20.2. The zero-order valence-electron chi connectivity index (χ0n) is 23.0. The largest absolute Gasteiger partial charge is 0.491 e. The second kappa shape index (κ2) is 16.3. The number of rotatable bonds is 15. The maximum absolute atomic E-state index is 14.0. The standard InChI is InChI=1S/C26H34BF5N6O5/c28-19-14-17(13-18(23(19)29)27(42)43)36-25(41)21(7-3-15-1-4-16(5-2-15)26(30,31)32)37-24(40)20(35)6-8-22(39)38(11-9-33)12-10-34/h1-2,4-5,13-14,20-21,42-43H,3,6-12,33-35H2,(H,36,41)(H,37,40)/t20-,21+/m0/s1. The van der Waals surface area contributed by atoms with E-state index in [0.717, 1.165) is 18.2 Å². The summed E-state index contributed by atoms with van der Waals surface area (Å²) in [5, 5.41) is 23.3. The van der Waals surface area contributed by atoms with Crippen molar-refractivity contribution in [2.45, 2.75) is 43.9 Å². The third-order valence-electron chi connectivity index (χ3n) is 6.39. The second-order valence-electron chi connectivity index (χ2n) is 9.62. The van der Waals surface area contributed by atoms with Crippen LogP contribution >= 0.6 is 0 Å². The summed E-state index contributed by atoms with van der Waals surface area (Å²) < 4.78 is 66.6. The van der Waals surface area contributed by atoms with Crippen molar-refractivity contribution < 1.29 is 46.4 Å². The van der Waals surface area contributed by atoms with Gasteiger partial charge in [0.2, 0.25) is 17.7 Å². The number of halogens is 5. The van der Waals surface area contributed by atoms with Gasteiger partial charge in [-0.2, -0.15) is 13.2 Å². The van der Waals surface area contributed by atoms with Crippen molar-refractivity contribution in [2.75, 3.05) is 31.5 Å². The molecule has 2 aromatic rings. The van der Waals surface area contributed by atoms with Gasteiger partial charge in [-0.1, -0.05) is 12.1 Å². The minimum atomic E-state index is -4.55. The summed E-state index contributed by atoms with van der Waals surface area (Å²) in [5.74, 6) is -5.14. The minimum Gasteiger partial charge on any atom is -0.423 e. The van der Waals surface area contributed by atoms with E-state index in [1.54, 1.807) is 0 Å². The molecule has 0 aliphatic heterocycles. The zero-order chi connectivity index (χ0) is 32.3. The van der Waals surface area contributed by atoms with Crippen LogP contribution < -0.4 is 33.3 Å². The topological polar surface area (TPSA) is 197 Å². The molecule has 236 valence electrons. The number of anilines is 1. The van der Waals surface area contributed by atoms with Crippen molar-refractivity contribution >= 4 is 36.0 Å². The van der Waals surface area contributed by atoms with Crippen molar-refractivity contribution in [3.63, 3.8) is 0 Å². The van der Waals surface area contributed by atoms with E-state index in [0.29, 0.717) is 11.6 Å². The fourth-order valence-corrected chi connectivity index (χ4v) is 4.06. The van der Waals surface area contributed by atoms with Crippen molar-refractivity contribution in [2.24, 2.45) is 17.2 Å². The quantitative estimate of drug-likeness (QED) is 0.103. The molecule has 0 aromatic heterocycles. The summed E-state index contributed by atoms with van der Waals surface area (Å²) in [6.45, 7) is 0.904. The third kappa shape index (κ3) is 10.9. The van der Waals surface area contributed by atoms with Crippen LogP contribution in [0.1, 0.15) is 30.4 Å². The third-order valence-corrected chi connectivity index (χ3v) is 6.39. The highest BCUT2D eigenvalue weighted by atomic mass is 19.4. The lowest BCUT2D eigenvalue weighted by Crippen LogP contribution is -2.50. The number of alkyl halides is 3. The Morgan fingerprint density at radius 2 is 1.56 bits per heavy atom. The van der Waals surface area contributed by atoms with Gasteiger partial charge in [-0.3, -0.25) is 14.4 Å². The van der Waals surface area contributed by atoms with E-state index in [1.165, 1.54) is 17.0 Å². The van der Waals surface area contributed by atoms with Gasteiger partial charge in [-0.25, -0.2) is 8.78 Å². The van der Waals surface area contributed by atoms with E-state index in [-0.39, 0.29) is 63.5 Å². The fourth-order valence-electron chi connectivity index (χ4n) is 4.06. The molecule has 0 radical (unpaired) electrons. The van der Waals surface area contributed by atoms with E-state index in [2.05, 4.69) is 10.6 Å². The monoisotopic (exact) mass is 616 g/mol. The molecule has 2 rings (SSSR count). The Morgan fingerprint density at radius 3 is 2.09 bits per heavy atom. The summed E-state index contributed by atoms with van der Waals surface area (Å²) >= 11 is 0. The number of benzene rings is 2. The molecular formula is C26H34BF5N6O5. The highest BCUT2D eigenvalue weighted by molar-refractivity contribution is 6.58.